The quantitative estimate of drug-likeness (QED) is 0.470. The third-order valence-corrected chi connectivity index (χ3v) is 5.68. The number of carbonyl (C=O) groups is 1. The zero-order valence-electron chi connectivity index (χ0n) is 14.6. The zero-order chi connectivity index (χ0) is 19.9. The van der Waals surface area contributed by atoms with Gasteiger partial charge in [0.05, 0.1) is 18.7 Å². The van der Waals surface area contributed by atoms with Gasteiger partial charge >= 0.3 is 6.18 Å². The molecule has 0 unspecified atom stereocenters. The standard InChI is InChI=1S/C18H18F3N3OS2/c1-3-9-24(15(25)6-10-26-11-7-18(19,20)21)17-13(2)23-16(27-17)14-5-4-8-22-12-14/h1,4-5,8,12H,6-7,9-11H2,2H3. The van der Waals surface area contributed by atoms with Crippen LogP contribution in [0.15, 0.2) is 24.5 Å². The highest BCUT2D eigenvalue weighted by atomic mass is 32.2. The molecule has 2 heterocycles. The maximum Gasteiger partial charge on any atom is 0.389 e. The number of hydrogen-bond acceptors (Lipinski definition) is 5. The minimum absolute atomic E-state index is 0.0589. The smallest absolute Gasteiger partial charge is 0.290 e. The van der Waals surface area contributed by atoms with Crippen molar-refractivity contribution in [3.8, 4) is 22.9 Å². The lowest BCUT2D eigenvalue weighted by atomic mass is 10.3. The molecule has 0 bridgehead atoms. The summed E-state index contributed by atoms with van der Waals surface area (Å²) >= 11 is 2.44. The van der Waals surface area contributed by atoms with Gasteiger partial charge in [0.15, 0.2) is 0 Å². The van der Waals surface area contributed by atoms with E-state index in [4.69, 9.17) is 6.42 Å². The van der Waals surface area contributed by atoms with E-state index in [0.29, 0.717) is 16.4 Å². The van der Waals surface area contributed by atoms with Crippen molar-refractivity contribution in [2.45, 2.75) is 25.9 Å². The maximum absolute atomic E-state index is 12.6. The first kappa shape index (κ1) is 21.3. The second-order valence-corrected chi connectivity index (χ2v) is 7.77. The van der Waals surface area contributed by atoms with Gasteiger partial charge in [0, 0.05) is 35.9 Å². The molecule has 0 fully saturated rings. The Labute approximate surface area is 164 Å². The van der Waals surface area contributed by atoms with Crippen LogP contribution in [0, 0.1) is 19.3 Å². The van der Waals surface area contributed by atoms with Crippen molar-refractivity contribution in [3.05, 3.63) is 30.2 Å². The number of amides is 1. The maximum atomic E-state index is 12.6. The normalized spacial score (nSPS) is 11.2. The topological polar surface area (TPSA) is 46.1 Å². The fourth-order valence-electron chi connectivity index (χ4n) is 2.20. The van der Waals surface area contributed by atoms with Crippen molar-refractivity contribution in [3.63, 3.8) is 0 Å². The minimum Gasteiger partial charge on any atom is -0.290 e. The summed E-state index contributed by atoms with van der Waals surface area (Å²) in [5, 5.41) is 1.38. The summed E-state index contributed by atoms with van der Waals surface area (Å²) in [6, 6.07) is 3.67. The van der Waals surface area contributed by atoms with Gasteiger partial charge in [-0.3, -0.25) is 14.7 Å². The summed E-state index contributed by atoms with van der Waals surface area (Å²) in [6.45, 7) is 1.88. The Bertz CT molecular complexity index is 800. The van der Waals surface area contributed by atoms with E-state index in [1.807, 2.05) is 6.07 Å². The fraction of sp³-hybridized carbons (Fsp3) is 0.389. The number of pyridine rings is 1. The molecular formula is C18H18F3N3OS2. The van der Waals surface area contributed by atoms with E-state index in [0.717, 1.165) is 22.3 Å². The number of nitrogens with zero attached hydrogens (tertiary/aromatic N) is 3. The van der Waals surface area contributed by atoms with Crippen molar-refractivity contribution in [1.29, 1.82) is 0 Å². The van der Waals surface area contributed by atoms with Gasteiger partial charge in [0.1, 0.15) is 10.0 Å². The van der Waals surface area contributed by atoms with Crippen LogP contribution < -0.4 is 4.90 Å². The summed E-state index contributed by atoms with van der Waals surface area (Å²) in [4.78, 5) is 22.6. The SMILES string of the molecule is C#CCN(C(=O)CCSCCC(F)(F)F)c1sc(-c2cccnc2)nc1C. The Kier molecular flexibility index (Phi) is 7.68. The van der Waals surface area contributed by atoms with E-state index in [-0.39, 0.29) is 24.6 Å². The summed E-state index contributed by atoms with van der Waals surface area (Å²) in [5.41, 5.74) is 1.51. The molecule has 0 aromatic carbocycles. The molecule has 0 aliphatic carbocycles. The van der Waals surface area contributed by atoms with Crippen LogP contribution in [0.4, 0.5) is 18.2 Å². The van der Waals surface area contributed by atoms with Crippen LogP contribution in [0.3, 0.4) is 0 Å². The first-order valence-corrected chi connectivity index (χ1v) is 10.0. The third-order valence-electron chi connectivity index (χ3n) is 3.47. The lowest BCUT2D eigenvalue weighted by Gasteiger charge is -2.19. The highest BCUT2D eigenvalue weighted by Crippen LogP contribution is 2.34. The van der Waals surface area contributed by atoms with Crippen LogP contribution >= 0.6 is 23.1 Å². The van der Waals surface area contributed by atoms with E-state index < -0.39 is 12.6 Å². The Morgan fingerprint density at radius 2 is 2.19 bits per heavy atom. The van der Waals surface area contributed by atoms with Gasteiger partial charge in [-0.25, -0.2) is 4.98 Å². The average Bonchev–Trinajstić information content (AvgIpc) is 3.00. The van der Waals surface area contributed by atoms with E-state index in [2.05, 4.69) is 15.9 Å². The summed E-state index contributed by atoms with van der Waals surface area (Å²) in [6.07, 6.45) is 3.83. The van der Waals surface area contributed by atoms with Gasteiger partial charge in [0.25, 0.3) is 0 Å². The largest absolute Gasteiger partial charge is 0.389 e. The van der Waals surface area contributed by atoms with Crippen molar-refractivity contribution in [2.75, 3.05) is 23.0 Å². The third kappa shape index (κ3) is 6.56. The molecule has 0 N–H and O–H groups in total. The number of aryl methyl sites for hydroxylation is 1. The molecule has 0 atom stereocenters. The van der Waals surface area contributed by atoms with E-state index in [1.165, 1.54) is 16.2 Å². The molecule has 1 amide bonds. The van der Waals surface area contributed by atoms with Gasteiger partial charge in [-0.1, -0.05) is 17.3 Å². The summed E-state index contributed by atoms with van der Waals surface area (Å²) in [7, 11) is 0. The van der Waals surface area contributed by atoms with Crippen molar-refractivity contribution in [2.24, 2.45) is 0 Å². The number of thiazole rings is 1. The molecule has 0 saturated carbocycles. The van der Waals surface area contributed by atoms with Gasteiger partial charge in [-0.2, -0.15) is 24.9 Å². The Balaban J connectivity index is 2.03. The monoisotopic (exact) mass is 413 g/mol. The van der Waals surface area contributed by atoms with Crippen LogP contribution in [0.25, 0.3) is 10.6 Å². The van der Waals surface area contributed by atoms with Crippen molar-refractivity contribution in [1.82, 2.24) is 9.97 Å². The van der Waals surface area contributed by atoms with E-state index in [9.17, 15) is 18.0 Å². The predicted molar refractivity (Wildman–Crippen MR) is 104 cm³/mol. The molecule has 2 aromatic heterocycles. The molecule has 0 aliphatic heterocycles. The van der Waals surface area contributed by atoms with Crippen LogP contribution in [-0.2, 0) is 4.79 Å². The van der Waals surface area contributed by atoms with Crippen molar-refractivity contribution < 1.29 is 18.0 Å². The summed E-state index contributed by atoms with van der Waals surface area (Å²) in [5.74, 6) is 2.49. The highest BCUT2D eigenvalue weighted by Gasteiger charge is 2.26. The number of alkyl halides is 3. The molecule has 9 heteroatoms. The number of hydrogen-bond donors (Lipinski definition) is 0. The van der Waals surface area contributed by atoms with Gasteiger partial charge in [-0.05, 0) is 19.1 Å². The molecule has 144 valence electrons. The molecule has 4 nitrogen and oxygen atoms in total. The number of rotatable bonds is 8. The molecule has 27 heavy (non-hydrogen) atoms. The van der Waals surface area contributed by atoms with Gasteiger partial charge in [-0.15, -0.1) is 6.42 Å². The van der Waals surface area contributed by atoms with Crippen LogP contribution in [0.2, 0.25) is 0 Å². The number of carbonyl (C=O) groups excluding carboxylic acids is 1. The van der Waals surface area contributed by atoms with E-state index in [1.54, 1.807) is 25.4 Å². The van der Waals surface area contributed by atoms with Crippen LogP contribution in [0.5, 0.6) is 0 Å². The number of terminal acetylenes is 1. The second-order valence-electron chi connectivity index (χ2n) is 5.56. The molecule has 0 aliphatic rings. The Morgan fingerprint density at radius 3 is 2.81 bits per heavy atom. The molecule has 0 radical (unpaired) electrons. The summed E-state index contributed by atoms with van der Waals surface area (Å²) < 4.78 is 36.5. The number of aromatic nitrogens is 2. The first-order chi connectivity index (χ1) is 12.8. The second kappa shape index (κ2) is 9.76. The molecular weight excluding hydrogens is 395 g/mol. The predicted octanol–water partition coefficient (Wildman–Crippen LogP) is 4.56. The van der Waals surface area contributed by atoms with Crippen LogP contribution in [-0.4, -0.2) is 40.1 Å². The Hall–Kier alpha value is -2.05. The molecule has 0 spiro atoms. The number of thioether (sulfide) groups is 1. The van der Waals surface area contributed by atoms with E-state index >= 15 is 0 Å². The molecule has 2 aromatic rings. The fourth-order valence-corrected chi connectivity index (χ4v) is 4.17. The lowest BCUT2D eigenvalue weighted by molar-refractivity contribution is -0.129. The average molecular weight is 413 g/mol. The van der Waals surface area contributed by atoms with Gasteiger partial charge in [0.2, 0.25) is 5.91 Å². The highest BCUT2D eigenvalue weighted by molar-refractivity contribution is 7.99. The number of halogens is 3. The van der Waals surface area contributed by atoms with Crippen molar-refractivity contribution >= 4 is 34.0 Å². The molecule has 0 saturated heterocycles. The zero-order valence-corrected chi connectivity index (χ0v) is 16.3. The lowest BCUT2D eigenvalue weighted by Crippen LogP contribution is -2.31. The Morgan fingerprint density at radius 1 is 1.41 bits per heavy atom. The molecule has 2 rings (SSSR count). The minimum atomic E-state index is -4.17. The number of anilines is 1. The van der Waals surface area contributed by atoms with Gasteiger partial charge < -0.3 is 0 Å². The van der Waals surface area contributed by atoms with Crippen LogP contribution in [0.1, 0.15) is 18.5 Å². The first-order valence-electron chi connectivity index (χ1n) is 8.08.